The van der Waals surface area contributed by atoms with Crippen molar-refractivity contribution in [3.63, 3.8) is 0 Å². The lowest BCUT2D eigenvalue weighted by Crippen LogP contribution is -2.13. The second-order valence-corrected chi connectivity index (χ2v) is 8.73. The Morgan fingerprint density at radius 1 is 0.931 bits per heavy atom. The topological polar surface area (TPSA) is 75.3 Å². The Bertz CT molecular complexity index is 1100. The van der Waals surface area contributed by atoms with Crippen molar-refractivity contribution in [2.24, 2.45) is 0 Å². The summed E-state index contributed by atoms with van der Waals surface area (Å²) in [5, 5.41) is 3.25. The summed E-state index contributed by atoms with van der Waals surface area (Å²) in [5.74, 6) is -0.157. The van der Waals surface area contributed by atoms with Gasteiger partial charge in [0.25, 0.3) is 10.0 Å². The molecule has 0 unspecified atom stereocenters. The van der Waals surface area contributed by atoms with Crippen LogP contribution in [0.15, 0.2) is 77.7 Å². The van der Waals surface area contributed by atoms with E-state index in [4.69, 9.17) is 11.6 Å². The first kappa shape index (κ1) is 20.9. The van der Waals surface area contributed by atoms with Crippen molar-refractivity contribution in [2.75, 3.05) is 10.0 Å². The van der Waals surface area contributed by atoms with E-state index in [1.54, 1.807) is 48.5 Å². The van der Waals surface area contributed by atoms with E-state index in [1.165, 1.54) is 12.1 Å². The van der Waals surface area contributed by atoms with Crippen LogP contribution in [-0.2, 0) is 21.2 Å². The Morgan fingerprint density at radius 2 is 1.59 bits per heavy atom. The minimum absolute atomic E-state index is 0.157. The third kappa shape index (κ3) is 5.82. The highest BCUT2D eigenvalue weighted by atomic mass is 35.5. The van der Waals surface area contributed by atoms with E-state index >= 15 is 0 Å². The number of aryl methyl sites for hydroxylation is 2. The van der Waals surface area contributed by atoms with E-state index < -0.39 is 10.0 Å². The molecule has 0 bridgehead atoms. The maximum absolute atomic E-state index is 12.5. The molecule has 0 aliphatic heterocycles. The lowest BCUT2D eigenvalue weighted by Gasteiger charge is -2.10. The molecular formula is C22H21ClN2O3S. The highest BCUT2D eigenvalue weighted by molar-refractivity contribution is 7.92. The Kier molecular flexibility index (Phi) is 6.56. The highest BCUT2D eigenvalue weighted by Gasteiger charge is 2.14. The Hall–Kier alpha value is -2.83. The highest BCUT2D eigenvalue weighted by Crippen LogP contribution is 2.21. The minimum atomic E-state index is -3.66. The van der Waals surface area contributed by atoms with Gasteiger partial charge in [0.2, 0.25) is 5.91 Å². The van der Waals surface area contributed by atoms with Crippen molar-refractivity contribution >= 4 is 38.9 Å². The number of carbonyl (C=O) groups is 1. The van der Waals surface area contributed by atoms with Gasteiger partial charge < -0.3 is 5.32 Å². The first-order chi connectivity index (χ1) is 13.8. The third-order valence-electron chi connectivity index (χ3n) is 4.33. The van der Waals surface area contributed by atoms with E-state index in [0.29, 0.717) is 22.8 Å². The van der Waals surface area contributed by atoms with Crippen LogP contribution in [-0.4, -0.2) is 14.3 Å². The number of benzene rings is 3. The van der Waals surface area contributed by atoms with Crippen LogP contribution < -0.4 is 10.0 Å². The van der Waals surface area contributed by atoms with Crippen LogP contribution in [0, 0.1) is 6.92 Å². The fourth-order valence-corrected chi connectivity index (χ4v) is 3.95. The second-order valence-electron chi connectivity index (χ2n) is 6.64. The van der Waals surface area contributed by atoms with Crippen LogP contribution in [0.3, 0.4) is 0 Å². The standard InChI is InChI=1S/C22H21ClN2O3S/c1-16-6-11-18(12-7-16)25-29(27,28)19-13-8-17(9-14-19)10-15-22(26)24-21-5-3-2-4-20(21)23/h2-9,11-14,25H,10,15H2,1H3,(H,24,26). The van der Waals surface area contributed by atoms with Crippen LogP contribution in [0.2, 0.25) is 5.02 Å². The first-order valence-corrected chi connectivity index (χ1v) is 10.9. The lowest BCUT2D eigenvalue weighted by atomic mass is 10.1. The van der Waals surface area contributed by atoms with Gasteiger partial charge in [0.15, 0.2) is 0 Å². The Morgan fingerprint density at radius 3 is 2.24 bits per heavy atom. The molecule has 7 heteroatoms. The first-order valence-electron chi connectivity index (χ1n) is 9.06. The van der Waals surface area contributed by atoms with Crippen molar-refractivity contribution in [2.45, 2.75) is 24.7 Å². The van der Waals surface area contributed by atoms with E-state index in [1.807, 2.05) is 19.1 Å². The number of carbonyl (C=O) groups excluding carboxylic acids is 1. The number of halogens is 1. The van der Waals surface area contributed by atoms with Gasteiger partial charge in [-0.25, -0.2) is 8.42 Å². The van der Waals surface area contributed by atoms with E-state index in [0.717, 1.165) is 11.1 Å². The molecule has 5 nitrogen and oxygen atoms in total. The number of nitrogens with one attached hydrogen (secondary N) is 2. The molecule has 0 saturated heterocycles. The van der Waals surface area contributed by atoms with Crippen LogP contribution in [0.4, 0.5) is 11.4 Å². The minimum Gasteiger partial charge on any atom is -0.325 e. The largest absolute Gasteiger partial charge is 0.325 e. The van der Waals surface area contributed by atoms with Crippen molar-refractivity contribution in [3.05, 3.63) is 88.9 Å². The van der Waals surface area contributed by atoms with Gasteiger partial charge in [0, 0.05) is 12.1 Å². The summed E-state index contributed by atoms with van der Waals surface area (Å²) in [6.07, 6.45) is 0.751. The summed E-state index contributed by atoms with van der Waals surface area (Å²) in [5.41, 5.74) is 3.00. The van der Waals surface area contributed by atoms with E-state index in [9.17, 15) is 13.2 Å². The molecule has 2 N–H and O–H groups in total. The summed E-state index contributed by atoms with van der Waals surface area (Å²) in [6.45, 7) is 1.94. The van der Waals surface area contributed by atoms with Gasteiger partial charge in [-0.2, -0.15) is 0 Å². The molecule has 150 valence electrons. The summed E-state index contributed by atoms with van der Waals surface area (Å²) in [4.78, 5) is 12.3. The predicted octanol–water partition coefficient (Wildman–Crippen LogP) is 5.02. The second kappa shape index (κ2) is 9.11. The van der Waals surface area contributed by atoms with Crippen LogP contribution in [0.25, 0.3) is 0 Å². The molecule has 29 heavy (non-hydrogen) atoms. The number of rotatable bonds is 7. The number of anilines is 2. The molecular weight excluding hydrogens is 408 g/mol. The fourth-order valence-electron chi connectivity index (χ4n) is 2.70. The van der Waals surface area contributed by atoms with Crippen molar-refractivity contribution in [3.8, 4) is 0 Å². The molecule has 0 saturated carbocycles. The molecule has 3 rings (SSSR count). The molecule has 0 aliphatic rings. The van der Waals surface area contributed by atoms with Crippen molar-refractivity contribution in [1.29, 1.82) is 0 Å². The van der Waals surface area contributed by atoms with Gasteiger partial charge in [-0.15, -0.1) is 0 Å². The van der Waals surface area contributed by atoms with Gasteiger partial charge in [-0.05, 0) is 55.3 Å². The zero-order chi connectivity index (χ0) is 20.9. The Labute approximate surface area is 175 Å². The van der Waals surface area contributed by atoms with E-state index in [2.05, 4.69) is 10.0 Å². The van der Waals surface area contributed by atoms with Gasteiger partial charge in [0.1, 0.15) is 0 Å². The van der Waals surface area contributed by atoms with Gasteiger partial charge in [0.05, 0.1) is 15.6 Å². The molecule has 0 spiro atoms. The van der Waals surface area contributed by atoms with Gasteiger partial charge in [-0.1, -0.05) is 53.6 Å². The lowest BCUT2D eigenvalue weighted by molar-refractivity contribution is -0.116. The Balaban J connectivity index is 1.58. The van der Waals surface area contributed by atoms with Crippen molar-refractivity contribution < 1.29 is 13.2 Å². The molecule has 0 aliphatic carbocycles. The fraction of sp³-hybridized carbons (Fsp3) is 0.136. The summed E-state index contributed by atoms with van der Waals surface area (Å²) >= 11 is 6.03. The SMILES string of the molecule is Cc1ccc(NS(=O)(=O)c2ccc(CCC(=O)Nc3ccccc3Cl)cc2)cc1. The predicted molar refractivity (Wildman–Crippen MR) is 117 cm³/mol. The van der Waals surface area contributed by atoms with Gasteiger partial charge >= 0.3 is 0 Å². The smallest absolute Gasteiger partial charge is 0.261 e. The molecule has 1 amide bonds. The van der Waals surface area contributed by atoms with Crippen LogP contribution >= 0.6 is 11.6 Å². The average molecular weight is 429 g/mol. The monoisotopic (exact) mass is 428 g/mol. The molecule has 0 aromatic heterocycles. The molecule has 0 radical (unpaired) electrons. The number of hydrogen-bond acceptors (Lipinski definition) is 3. The van der Waals surface area contributed by atoms with E-state index in [-0.39, 0.29) is 17.2 Å². The zero-order valence-electron chi connectivity index (χ0n) is 15.9. The summed E-state index contributed by atoms with van der Waals surface area (Å²) in [6, 6.07) is 20.7. The van der Waals surface area contributed by atoms with Crippen LogP contribution in [0.5, 0.6) is 0 Å². The number of sulfonamides is 1. The average Bonchev–Trinajstić information content (AvgIpc) is 2.70. The maximum atomic E-state index is 12.5. The summed E-state index contributed by atoms with van der Waals surface area (Å²) in [7, 11) is -3.66. The number of hydrogen-bond donors (Lipinski definition) is 2. The number of para-hydroxylation sites is 1. The summed E-state index contributed by atoms with van der Waals surface area (Å²) < 4.78 is 27.6. The molecule has 0 heterocycles. The normalized spacial score (nSPS) is 11.1. The molecule has 0 atom stereocenters. The molecule has 3 aromatic carbocycles. The maximum Gasteiger partial charge on any atom is 0.261 e. The number of amides is 1. The zero-order valence-corrected chi connectivity index (χ0v) is 17.4. The van der Waals surface area contributed by atoms with Crippen LogP contribution in [0.1, 0.15) is 17.5 Å². The molecule has 0 fully saturated rings. The molecule has 3 aromatic rings. The third-order valence-corrected chi connectivity index (χ3v) is 6.05. The van der Waals surface area contributed by atoms with Gasteiger partial charge in [-0.3, -0.25) is 9.52 Å². The quantitative estimate of drug-likeness (QED) is 0.554. The van der Waals surface area contributed by atoms with Crippen molar-refractivity contribution in [1.82, 2.24) is 0 Å².